The summed E-state index contributed by atoms with van der Waals surface area (Å²) in [4.78, 5) is 3.99. The normalized spacial score (nSPS) is 12.2. The van der Waals surface area contributed by atoms with E-state index in [1.165, 1.54) is 25.4 Å². The summed E-state index contributed by atoms with van der Waals surface area (Å²) in [6.45, 7) is 1.87. The van der Waals surface area contributed by atoms with Crippen molar-refractivity contribution in [3.05, 3.63) is 59.2 Å². The summed E-state index contributed by atoms with van der Waals surface area (Å²) in [5, 5.41) is 10.2. The lowest BCUT2D eigenvalue weighted by atomic mass is 10.0. The molecule has 1 unspecified atom stereocenters. The minimum atomic E-state index is -1.05. The molecule has 0 aliphatic heterocycles. The SMILES string of the molecule is COc1cccc(C(O)c2cncc(C)c2)c1F. The van der Waals surface area contributed by atoms with Gasteiger partial charge in [0.1, 0.15) is 6.10 Å². The molecule has 0 amide bonds. The Balaban J connectivity index is 2.43. The maximum Gasteiger partial charge on any atom is 0.171 e. The Kier molecular flexibility index (Phi) is 3.58. The van der Waals surface area contributed by atoms with Crippen LogP contribution in [0.5, 0.6) is 5.75 Å². The van der Waals surface area contributed by atoms with Crippen molar-refractivity contribution in [3.63, 3.8) is 0 Å². The largest absolute Gasteiger partial charge is 0.494 e. The fourth-order valence-electron chi connectivity index (χ4n) is 1.80. The Bertz CT molecular complexity index is 557. The van der Waals surface area contributed by atoms with E-state index in [-0.39, 0.29) is 11.3 Å². The minimum Gasteiger partial charge on any atom is -0.494 e. The van der Waals surface area contributed by atoms with Crippen LogP contribution >= 0.6 is 0 Å². The number of methoxy groups -OCH3 is 1. The molecule has 0 radical (unpaired) electrons. The predicted octanol–water partition coefficient (Wildman–Crippen LogP) is 2.62. The number of rotatable bonds is 3. The lowest BCUT2D eigenvalue weighted by molar-refractivity contribution is 0.213. The lowest BCUT2D eigenvalue weighted by Crippen LogP contribution is -2.04. The van der Waals surface area contributed by atoms with Gasteiger partial charge in [-0.05, 0) is 18.6 Å². The molecule has 0 aliphatic rings. The third-order valence-electron chi connectivity index (χ3n) is 2.72. The summed E-state index contributed by atoms with van der Waals surface area (Å²) >= 11 is 0. The zero-order valence-corrected chi connectivity index (χ0v) is 10.2. The molecule has 1 atom stereocenters. The highest BCUT2D eigenvalue weighted by molar-refractivity contribution is 5.37. The standard InChI is InChI=1S/C14H14FNO2/c1-9-6-10(8-16-7-9)14(17)11-4-3-5-12(18-2)13(11)15/h3-8,14,17H,1-2H3. The van der Waals surface area contributed by atoms with Crippen molar-refractivity contribution < 1.29 is 14.2 Å². The highest BCUT2D eigenvalue weighted by Gasteiger charge is 2.18. The number of pyridine rings is 1. The van der Waals surface area contributed by atoms with Gasteiger partial charge in [0.25, 0.3) is 0 Å². The number of aliphatic hydroxyl groups is 1. The number of aromatic nitrogens is 1. The number of benzene rings is 1. The second kappa shape index (κ2) is 5.14. The highest BCUT2D eigenvalue weighted by atomic mass is 19.1. The number of nitrogens with zero attached hydrogens (tertiary/aromatic N) is 1. The molecule has 2 aromatic rings. The molecule has 0 saturated carbocycles. The summed E-state index contributed by atoms with van der Waals surface area (Å²) in [7, 11) is 1.39. The van der Waals surface area contributed by atoms with Crippen LogP contribution in [0.15, 0.2) is 36.7 Å². The van der Waals surface area contributed by atoms with Gasteiger partial charge in [-0.1, -0.05) is 18.2 Å². The molecule has 0 saturated heterocycles. The van der Waals surface area contributed by atoms with Crippen molar-refractivity contribution in [1.82, 2.24) is 4.98 Å². The Labute approximate surface area is 105 Å². The average Bonchev–Trinajstić information content (AvgIpc) is 2.38. The molecule has 1 N–H and O–H groups in total. The van der Waals surface area contributed by atoms with Gasteiger partial charge in [-0.25, -0.2) is 4.39 Å². The van der Waals surface area contributed by atoms with Crippen molar-refractivity contribution in [2.75, 3.05) is 7.11 Å². The Hall–Kier alpha value is -1.94. The predicted molar refractivity (Wildman–Crippen MR) is 66.0 cm³/mol. The third kappa shape index (κ3) is 2.33. The van der Waals surface area contributed by atoms with Crippen molar-refractivity contribution in [1.29, 1.82) is 0 Å². The van der Waals surface area contributed by atoms with Crippen molar-refractivity contribution >= 4 is 0 Å². The third-order valence-corrected chi connectivity index (χ3v) is 2.72. The molecular formula is C14H14FNO2. The number of ether oxygens (including phenoxy) is 1. The average molecular weight is 247 g/mol. The van der Waals surface area contributed by atoms with Crippen LogP contribution in [0.1, 0.15) is 22.8 Å². The smallest absolute Gasteiger partial charge is 0.171 e. The van der Waals surface area contributed by atoms with Crippen LogP contribution in [0, 0.1) is 12.7 Å². The molecule has 0 fully saturated rings. The van der Waals surface area contributed by atoms with E-state index in [9.17, 15) is 9.50 Å². The van der Waals surface area contributed by atoms with E-state index in [0.29, 0.717) is 5.56 Å². The van der Waals surface area contributed by atoms with Gasteiger partial charge in [-0.3, -0.25) is 4.98 Å². The van der Waals surface area contributed by atoms with E-state index in [1.54, 1.807) is 18.3 Å². The first-order valence-corrected chi connectivity index (χ1v) is 5.55. The van der Waals surface area contributed by atoms with E-state index in [2.05, 4.69) is 4.98 Å². The molecule has 3 nitrogen and oxygen atoms in total. The minimum absolute atomic E-state index is 0.118. The second-order valence-corrected chi connectivity index (χ2v) is 4.06. The molecule has 1 heterocycles. The van der Waals surface area contributed by atoms with Crippen LogP contribution in [0.25, 0.3) is 0 Å². The molecule has 94 valence electrons. The van der Waals surface area contributed by atoms with Crippen LogP contribution in [-0.2, 0) is 0 Å². The molecule has 0 bridgehead atoms. The second-order valence-electron chi connectivity index (χ2n) is 4.06. The van der Waals surface area contributed by atoms with Crippen molar-refractivity contribution in [3.8, 4) is 5.75 Å². The van der Waals surface area contributed by atoms with Gasteiger partial charge in [0.2, 0.25) is 0 Å². The molecular weight excluding hydrogens is 233 g/mol. The first kappa shape index (κ1) is 12.5. The first-order chi connectivity index (χ1) is 8.63. The van der Waals surface area contributed by atoms with Crippen molar-refractivity contribution in [2.45, 2.75) is 13.0 Å². The van der Waals surface area contributed by atoms with Gasteiger partial charge in [0, 0.05) is 23.5 Å². The number of aryl methyl sites for hydroxylation is 1. The molecule has 4 heteroatoms. The topological polar surface area (TPSA) is 42.4 Å². The van der Waals surface area contributed by atoms with Gasteiger partial charge in [0.15, 0.2) is 11.6 Å². The van der Waals surface area contributed by atoms with Gasteiger partial charge < -0.3 is 9.84 Å². The summed E-state index contributed by atoms with van der Waals surface area (Å²) in [6.07, 6.45) is 2.15. The highest BCUT2D eigenvalue weighted by Crippen LogP contribution is 2.29. The number of hydrogen-bond acceptors (Lipinski definition) is 3. The molecule has 1 aromatic heterocycles. The Morgan fingerprint density at radius 3 is 2.78 bits per heavy atom. The van der Waals surface area contributed by atoms with E-state index >= 15 is 0 Å². The van der Waals surface area contributed by atoms with Crippen LogP contribution < -0.4 is 4.74 Å². The van der Waals surface area contributed by atoms with E-state index in [4.69, 9.17) is 4.74 Å². The molecule has 0 aliphatic carbocycles. The number of aliphatic hydroxyl groups excluding tert-OH is 1. The van der Waals surface area contributed by atoms with Gasteiger partial charge in [-0.2, -0.15) is 0 Å². The van der Waals surface area contributed by atoms with E-state index in [0.717, 1.165) is 5.56 Å². The van der Waals surface area contributed by atoms with Gasteiger partial charge in [0.05, 0.1) is 7.11 Å². The van der Waals surface area contributed by atoms with Crippen LogP contribution in [0.4, 0.5) is 4.39 Å². The molecule has 1 aromatic carbocycles. The van der Waals surface area contributed by atoms with E-state index < -0.39 is 11.9 Å². The number of halogens is 1. The summed E-state index contributed by atoms with van der Waals surface area (Å²) in [6, 6.07) is 6.46. The van der Waals surface area contributed by atoms with Crippen LogP contribution in [0.2, 0.25) is 0 Å². The molecule has 0 spiro atoms. The maximum absolute atomic E-state index is 14.0. The summed E-state index contributed by atoms with van der Waals surface area (Å²) < 4.78 is 18.9. The zero-order valence-electron chi connectivity index (χ0n) is 10.2. The molecule has 2 rings (SSSR count). The van der Waals surface area contributed by atoms with Gasteiger partial charge in [-0.15, -0.1) is 0 Å². The summed E-state index contributed by atoms with van der Waals surface area (Å²) in [5.74, 6) is -0.429. The quantitative estimate of drug-likeness (QED) is 0.906. The fraction of sp³-hybridized carbons (Fsp3) is 0.214. The molecule has 18 heavy (non-hydrogen) atoms. The van der Waals surface area contributed by atoms with E-state index in [1.807, 2.05) is 6.92 Å². The number of hydrogen-bond donors (Lipinski definition) is 1. The Morgan fingerprint density at radius 1 is 1.33 bits per heavy atom. The fourth-order valence-corrected chi connectivity index (χ4v) is 1.80. The zero-order chi connectivity index (χ0) is 13.1. The van der Waals surface area contributed by atoms with Crippen LogP contribution in [0.3, 0.4) is 0 Å². The lowest BCUT2D eigenvalue weighted by Gasteiger charge is -2.14. The monoisotopic (exact) mass is 247 g/mol. The summed E-state index contributed by atoms with van der Waals surface area (Å²) in [5.41, 5.74) is 1.65. The first-order valence-electron chi connectivity index (χ1n) is 5.55. The van der Waals surface area contributed by atoms with Crippen molar-refractivity contribution in [2.24, 2.45) is 0 Å². The van der Waals surface area contributed by atoms with Crippen LogP contribution in [-0.4, -0.2) is 17.2 Å². The maximum atomic E-state index is 14.0. The van der Waals surface area contributed by atoms with Gasteiger partial charge >= 0.3 is 0 Å². The Morgan fingerprint density at radius 2 is 2.11 bits per heavy atom.